The molecule has 0 aromatic carbocycles. The van der Waals surface area contributed by atoms with E-state index >= 15 is 0 Å². The molecule has 1 saturated carbocycles. The number of rotatable bonds is 2. The molecule has 1 aliphatic carbocycles. The molecule has 0 radical (unpaired) electrons. The van der Waals surface area contributed by atoms with E-state index in [1.807, 2.05) is 7.05 Å². The lowest BCUT2D eigenvalue weighted by Crippen LogP contribution is -2.02. The Morgan fingerprint density at radius 1 is 1.55 bits per heavy atom. The molecule has 0 unspecified atom stereocenters. The lowest BCUT2D eigenvalue weighted by Gasteiger charge is -1.98. The molecule has 11 heavy (non-hydrogen) atoms. The van der Waals surface area contributed by atoms with Crippen molar-refractivity contribution in [3.05, 3.63) is 5.82 Å². The minimum atomic E-state index is 0.311. The Morgan fingerprint density at radius 2 is 2.27 bits per heavy atom. The molecule has 1 aromatic heterocycles. The monoisotopic (exact) mass is 169 g/mol. The number of aromatic nitrogens is 2. The summed E-state index contributed by atoms with van der Waals surface area (Å²) in [5.41, 5.74) is 0.311. The van der Waals surface area contributed by atoms with Crippen molar-refractivity contribution in [2.75, 3.05) is 12.4 Å². The van der Waals surface area contributed by atoms with Gasteiger partial charge in [-0.3, -0.25) is 0 Å². The van der Waals surface area contributed by atoms with Crippen molar-refractivity contribution in [1.82, 2.24) is 9.36 Å². The smallest absolute Gasteiger partial charge is 0.202 e. The maximum absolute atomic E-state index is 4.36. The van der Waals surface area contributed by atoms with Gasteiger partial charge in [-0.1, -0.05) is 6.92 Å². The summed E-state index contributed by atoms with van der Waals surface area (Å²) in [5.74, 6) is 1.02. The lowest BCUT2D eigenvalue weighted by atomic mass is 10.1. The Morgan fingerprint density at radius 3 is 2.73 bits per heavy atom. The van der Waals surface area contributed by atoms with Gasteiger partial charge in [0.15, 0.2) is 5.82 Å². The molecule has 1 N–H and O–H groups in total. The molecule has 1 heterocycles. The number of hydrogen-bond acceptors (Lipinski definition) is 4. The zero-order chi connectivity index (χ0) is 7.90. The van der Waals surface area contributed by atoms with Crippen LogP contribution in [0.15, 0.2) is 0 Å². The molecule has 0 spiro atoms. The standard InChI is InChI=1S/C7H11N3S/c1-7(3-4-7)5-9-6(8-2)11-10-5/h3-4H2,1-2H3,(H,8,9,10). The van der Waals surface area contributed by atoms with Crippen molar-refractivity contribution in [2.45, 2.75) is 25.2 Å². The Hall–Kier alpha value is -0.640. The fourth-order valence-corrected chi connectivity index (χ4v) is 1.63. The summed E-state index contributed by atoms with van der Waals surface area (Å²) in [7, 11) is 1.87. The largest absolute Gasteiger partial charge is 0.363 e. The van der Waals surface area contributed by atoms with Crippen LogP contribution < -0.4 is 5.32 Å². The number of anilines is 1. The molecule has 1 fully saturated rings. The summed E-state index contributed by atoms with van der Waals surface area (Å²) >= 11 is 1.44. The van der Waals surface area contributed by atoms with Crippen molar-refractivity contribution in [3.8, 4) is 0 Å². The van der Waals surface area contributed by atoms with E-state index in [9.17, 15) is 0 Å². The summed E-state index contributed by atoms with van der Waals surface area (Å²) in [6, 6.07) is 0. The summed E-state index contributed by atoms with van der Waals surface area (Å²) in [6.07, 6.45) is 2.49. The first kappa shape index (κ1) is 7.03. The Kier molecular flexibility index (Phi) is 1.39. The zero-order valence-corrected chi connectivity index (χ0v) is 7.53. The molecule has 4 heteroatoms. The van der Waals surface area contributed by atoms with Crippen molar-refractivity contribution in [2.24, 2.45) is 0 Å². The van der Waals surface area contributed by atoms with Crippen LogP contribution in [-0.4, -0.2) is 16.4 Å². The van der Waals surface area contributed by atoms with E-state index in [1.165, 1.54) is 24.4 Å². The van der Waals surface area contributed by atoms with Crippen molar-refractivity contribution >= 4 is 16.7 Å². The van der Waals surface area contributed by atoms with E-state index in [0.29, 0.717) is 5.41 Å². The van der Waals surface area contributed by atoms with Crippen LogP contribution in [-0.2, 0) is 5.41 Å². The fourth-order valence-electron chi connectivity index (χ4n) is 0.981. The summed E-state index contributed by atoms with van der Waals surface area (Å²) in [6.45, 7) is 2.22. The van der Waals surface area contributed by atoms with Gasteiger partial charge in [0.05, 0.1) is 0 Å². The predicted molar refractivity (Wildman–Crippen MR) is 46.0 cm³/mol. The quantitative estimate of drug-likeness (QED) is 0.731. The van der Waals surface area contributed by atoms with Crippen molar-refractivity contribution in [3.63, 3.8) is 0 Å². The Balaban J connectivity index is 2.25. The average Bonchev–Trinajstić information content (AvgIpc) is 2.61. The van der Waals surface area contributed by atoms with Gasteiger partial charge in [0.25, 0.3) is 0 Å². The van der Waals surface area contributed by atoms with Crippen LogP contribution in [0, 0.1) is 0 Å². The first-order valence-electron chi connectivity index (χ1n) is 3.76. The molecule has 0 saturated heterocycles. The van der Waals surface area contributed by atoms with Crippen molar-refractivity contribution in [1.29, 1.82) is 0 Å². The third-order valence-corrected chi connectivity index (χ3v) is 2.91. The highest BCUT2D eigenvalue weighted by molar-refractivity contribution is 7.09. The number of nitrogens with zero attached hydrogens (tertiary/aromatic N) is 2. The summed E-state index contributed by atoms with van der Waals surface area (Å²) in [5, 5.41) is 3.92. The highest BCUT2D eigenvalue weighted by atomic mass is 32.1. The van der Waals surface area contributed by atoms with Gasteiger partial charge in [-0.05, 0) is 12.8 Å². The molecule has 0 amide bonds. The van der Waals surface area contributed by atoms with E-state index in [4.69, 9.17) is 0 Å². The topological polar surface area (TPSA) is 37.8 Å². The van der Waals surface area contributed by atoms with Crippen LogP contribution >= 0.6 is 11.5 Å². The minimum Gasteiger partial charge on any atom is -0.363 e. The van der Waals surface area contributed by atoms with Gasteiger partial charge in [0, 0.05) is 24.0 Å². The van der Waals surface area contributed by atoms with Gasteiger partial charge in [-0.2, -0.15) is 4.37 Å². The van der Waals surface area contributed by atoms with Gasteiger partial charge in [0.1, 0.15) is 0 Å². The maximum atomic E-state index is 4.36. The van der Waals surface area contributed by atoms with Crippen LogP contribution in [0.4, 0.5) is 5.13 Å². The normalized spacial score (nSPS) is 19.8. The minimum absolute atomic E-state index is 0.311. The van der Waals surface area contributed by atoms with Crippen LogP contribution in [0.2, 0.25) is 0 Å². The molecule has 2 rings (SSSR count). The van der Waals surface area contributed by atoms with Crippen molar-refractivity contribution < 1.29 is 0 Å². The van der Waals surface area contributed by atoms with Crippen LogP contribution in [0.3, 0.4) is 0 Å². The first-order valence-corrected chi connectivity index (χ1v) is 4.54. The van der Waals surface area contributed by atoms with E-state index in [1.54, 1.807) is 0 Å². The molecule has 1 aromatic rings. The predicted octanol–water partition coefficient (Wildman–Crippen LogP) is 1.63. The second-order valence-corrected chi connectivity index (χ2v) is 3.99. The summed E-state index contributed by atoms with van der Waals surface area (Å²) in [4.78, 5) is 4.36. The molecule has 0 atom stereocenters. The van der Waals surface area contributed by atoms with Gasteiger partial charge >= 0.3 is 0 Å². The molecule has 0 aliphatic heterocycles. The highest BCUT2D eigenvalue weighted by Crippen LogP contribution is 2.46. The highest BCUT2D eigenvalue weighted by Gasteiger charge is 2.42. The van der Waals surface area contributed by atoms with E-state index in [-0.39, 0.29) is 0 Å². The van der Waals surface area contributed by atoms with E-state index in [2.05, 4.69) is 21.6 Å². The third-order valence-electron chi connectivity index (χ3n) is 2.18. The first-order chi connectivity index (χ1) is 5.24. The molecule has 1 aliphatic rings. The van der Waals surface area contributed by atoms with E-state index < -0.39 is 0 Å². The second kappa shape index (κ2) is 2.17. The molecular weight excluding hydrogens is 158 g/mol. The second-order valence-electron chi connectivity index (χ2n) is 3.23. The zero-order valence-electron chi connectivity index (χ0n) is 6.72. The lowest BCUT2D eigenvalue weighted by molar-refractivity contribution is 0.729. The van der Waals surface area contributed by atoms with Gasteiger partial charge < -0.3 is 5.32 Å². The Bertz CT molecular complexity index is 264. The van der Waals surface area contributed by atoms with Gasteiger partial charge in [-0.25, -0.2) is 4.98 Å². The molecule has 0 bridgehead atoms. The average molecular weight is 169 g/mol. The van der Waals surface area contributed by atoms with Crippen LogP contribution in [0.25, 0.3) is 0 Å². The van der Waals surface area contributed by atoms with Crippen LogP contribution in [0.5, 0.6) is 0 Å². The molecule has 3 nitrogen and oxygen atoms in total. The molecule has 60 valence electrons. The molecular formula is C7H11N3S. The number of hydrogen-bond donors (Lipinski definition) is 1. The Labute approximate surface area is 70.0 Å². The van der Waals surface area contributed by atoms with E-state index in [0.717, 1.165) is 11.0 Å². The summed E-state index contributed by atoms with van der Waals surface area (Å²) < 4.78 is 4.29. The van der Waals surface area contributed by atoms with Gasteiger partial charge in [-0.15, -0.1) is 0 Å². The van der Waals surface area contributed by atoms with Gasteiger partial charge in [0.2, 0.25) is 5.13 Å². The maximum Gasteiger partial charge on any atom is 0.202 e. The SMILES string of the molecule is CNc1nc(C2(C)CC2)ns1. The van der Waals surface area contributed by atoms with Crippen LogP contribution in [0.1, 0.15) is 25.6 Å². The fraction of sp³-hybridized carbons (Fsp3) is 0.714. The number of nitrogens with one attached hydrogen (secondary N) is 1. The third kappa shape index (κ3) is 1.11.